The predicted molar refractivity (Wildman–Crippen MR) is 68.9 cm³/mol. The standard InChI is InChI=1S/C13H15N3OS/c1-8-2-4-13(5-3-8)9(6-14)11(17)16-12(18)10(13)7-15/h8-9,18H,2-5H2,1H3,(H,16,17)/t8?,9-,13?/m0/s1. The van der Waals surface area contributed by atoms with E-state index < -0.39 is 11.3 Å². The molecule has 94 valence electrons. The Morgan fingerprint density at radius 3 is 2.50 bits per heavy atom. The van der Waals surface area contributed by atoms with E-state index in [0.29, 0.717) is 29.4 Å². The number of amides is 1. The molecule has 0 radical (unpaired) electrons. The van der Waals surface area contributed by atoms with Gasteiger partial charge in [-0.05, 0) is 31.6 Å². The second kappa shape index (κ2) is 4.66. The number of carbonyl (C=O) groups is 1. The van der Waals surface area contributed by atoms with Crippen molar-refractivity contribution in [2.24, 2.45) is 17.3 Å². The maximum absolute atomic E-state index is 11.9. The van der Waals surface area contributed by atoms with E-state index in [4.69, 9.17) is 0 Å². The van der Waals surface area contributed by atoms with Gasteiger partial charge in [-0.15, -0.1) is 12.6 Å². The number of hydrogen-bond donors (Lipinski definition) is 2. The molecule has 1 fully saturated rings. The maximum Gasteiger partial charge on any atom is 0.243 e. The van der Waals surface area contributed by atoms with Crippen LogP contribution in [0, 0.1) is 39.9 Å². The maximum atomic E-state index is 11.9. The Bertz CT molecular complexity index is 489. The van der Waals surface area contributed by atoms with E-state index in [1.165, 1.54) is 0 Å². The van der Waals surface area contributed by atoms with Crippen molar-refractivity contribution in [3.8, 4) is 12.1 Å². The first-order valence-electron chi connectivity index (χ1n) is 6.09. The minimum Gasteiger partial charge on any atom is -0.319 e. The zero-order valence-electron chi connectivity index (χ0n) is 10.2. The summed E-state index contributed by atoms with van der Waals surface area (Å²) in [4.78, 5) is 11.9. The Morgan fingerprint density at radius 1 is 1.39 bits per heavy atom. The summed E-state index contributed by atoms with van der Waals surface area (Å²) in [6, 6.07) is 4.23. The van der Waals surface area contributed by atoms with Crippen LogP contribution in [0.3, 0.4) is 0 Å². The third-order valence-electron chi connectivity index (χ3n) is 4.20. The Hall–Kier alpha value is -1.46. The van der Waals surface area contributed by atoms with Gasteiger partial charge in [0, 0.05) is 5.41 Å². The number of carbonyl (C=O) groups excluding carboxylic acids is 1. The third-order valence-corrected chi connectivity index (χ3v) is 4.53. The van der Waals surface area contributed by atoms with Gasteiger partial charge in [0.05, 0.1) is 22.7 Å². The smallest absolute Gasteiger partial charge is 0.243 e. The lowest BCUT2D eigenvalue weighted by Gasteiger charge is -2.44. The summed E-state index contributed by atoms with van der Waals surface area (Å²) < 4.78 is 0. The topological polar surface area (TPSA) is 76.7 Å². The largest absolute Gasteiger partial charge is 0.319 e. The van der Waals surface area contributed by atoms with E-state index >= 15 is 0 Å². The molecule has 0 unspecified atom stereocenters. The average Bonchev–Trinajstić information content (AvgIpc) is 2.33. The van der Waals surface area contributed by atoms with Crippen molar-refractivity contribution >= 4 is 18.5 Å². The highest BCUT2D eigenvalue weighted by molar-refractivity contribution is 7.84. The summed E-state index contributed by atoms with van der Waals surface area (Å²) in [6.07, 6.45) is 3.31. The van der Waals surface area contributed by atoms with Gasteiger partial charge in [-0.25, -0.2) is 0 Å². The van der Waals surface area contributed by atoms with Crippen LogP contribution in [0.1, 0.15) is 32.6 Å². The van der Waals surface area contributed by atoms with Crippen LogP contribution in [0.15, 0.2) is 10.6 Å². The van der Waals surface area contributed by atoms with Crippen molar-refractivity contribution in [3.63, 3.8) is 0 Å². The van der Waals surface area contributed by atoms with Crippen molar-refractivity contribution in [2.75, 3.05) is 0 Å². The first-order valence-corrected chi connectivity index (χ1v) is 6.54. The molecule has 1 saturated carbocycles. The number of hydrogen-bond acceptors (Lipinski definition) is 4. The molecule has 2 rings (SSSR count). The molecule has 1 aliphatic carbocycles. The average molecular weight is 261 g/mol. The summed E-state index contributed by atoms with van der Waals surface area (Å²) in [5.74, 6) is -0.505. The normalized spacial score (nSPS) is 35.9. The van der Waals surface area contributed by atoms with Crippen LogP contribution in [-0.4, -0.2) is 5.91 Å². The zero-order valence-corrected chi connectivity index (χ0v) is 11.1. The number of nitrogens with zero attached hydrogens (tertiary/aromatic N) is 2. The summed E-state index contributed by atoms with van der Waals surface area (Å²) in [5, 5.41) is 21.5. The summed E-state index contributed by atoms with van der Waals surface area (Å²) in [7, 11) is 0. The molecule has 0 aromatic heterocycles. The molecule has 1 spiro atoms. The molecule has 4 nitrogen and oxygen atoms in total. The van der Waals surface area contributed by atoms with Gasteiger partial charge in [0.15, 0.2) is 0 Å². The summed E-state index contributed by atoms with van der Waals surface area (Å²) in [6.45, 7) is 2.16. The number of nitriles is 2. The molecule has 0 aromatic carbocycles. The second-order valence-corrected chi connectivity index (χ2v) is 5.67. The van der Waals surface area contributed by atoms with Crippen molar-refractivity contribution in [1.82, 2.24) is 5.32 Å². The SMILES string of the molecule is CC1CCC2(CC1)C(C#N)=C(S)NC(=O)[C@@H]2C#N. The lowest BCUT2D eigenvalue weighted by Crippen LogP contribution is -2.48. The first-order chi connectivity index (χ1) is 8.55. The van der Waals surface area contributed by atoms with Crippen molar-refractivity contribution < 1.29 is 4.79 Å². The van der Waals surface area contributed by atoms with Crippen molar-refractivity contribution in [2.45, 2.75) is 32.6 Å². The molecule has 1 heterocycles. The molecular formula is C13H15N3OS. The van der Waals surface area contributed by atoms with Gasteiger partial charge in [0.2, 0.25) is 5.91 Å². The Balaban J connectivity index is 2.51. The fraction of sp³-hybridized carbons (Fsp3) is 0.615. The summed E-state index contributed by atoms with van der Waals surface area (Å²) >= 11 is 4.20. The van der Waals surface area contributed by atoms with Gasteiger partial charge in [0.25, 0.3) is 0 Å². The van der Waals surface area contributed by atoms with E-state index in [9.17, 15) is 15.3 Å². The van der Waals surface area contributed by atoms with Gasteiger partial charge in [-0.2, -0.15) is 10.5 Å². The van der Waals surface area contributed by atoms with Crippen molar-refractivity contribution in [3.05, 3.63) is 10.6 Å². The molecule has 2 aliphatic rings. The van der Waals surface area contributed by atoms with Crippen LogP contribution in [0.4, 0.5) is 0 Å². The molecule has 1 atom stereocenters. The van der Waals surface area contributed by atoms with Crippen LogP contribution in [-0.2, 0) is 4.79 Å². The monoisotopic (exact) mass is 261 g/mol. The fourth-order valence-corrected chi connectivity index (χ4v) is 3.43. The molecule has 1 amide bonds. The van der Waals surface area contributed by atoms with E-state index in [1.807, 2.05) is 0 Å². The van der Waals surface area contributed by atoms with E-state index in [1.54, 1.807) is 0 Å². The number of rotatable bonds is 0. The van der Waals surface area contributed by atoms with Crippen LogP contribution in [0.2, 0.25) is 0 Å². The molecule has 18 heavy (non-hydrogen) atoms. The molecule has 1 N–H and O–H groups in total. The molecular weight excluding hydrogens is 246 g/mol. The highest BCUT2D eigenvalue weighted by Crippen LogP contribution is 2.52. The van der Waals surface area contributed by atoms with E-state index in [2.05, 4.69) is 37.0 Å². The highest BCUT2D eigenvalue weighted by atomic mass is 32.1. The second-order valence-electron chi connectivity index (χ2n) is 5.23. The molecule has 0 aromatic rings. The van der Waals surface area contributed by atoms with Crippen LogP contribution >= 0.6 is 12.6 Å². The first kappa shape index (κ1) is 13.0. The number of thiol groups is 1. The molecule has 0 bridgehead atoms. The summed E-state index contributed by atoms with van der Waals surface area (Å²) in [5.41, 5.74) is -0.140. The number of allylic oxidation sites excluding steroid dienone is 1. The van der Waals surface area contributed by atoms with Gasteiger partial charge in [0.1, 0.15) is 5.92 Å². The minimum absolute atomic E-state index is 0.323. The van der Waals surface area contributed by atoms with Crippen molar-refractivity contribution in [1.29, 1.82) is 10.5 Å². The lowest BCUT2D eigenvalue weighted by atomic mass is 9.59. The lowest BCUT2D eigenvalue weighted by molar-refractivity contribution is -0.127. The Labute approximate surface area is 112 Å². The Morgan fingerprint density at radius 2 is 2.00 bits per heavy atom. The van der Waals surface area contributed by atoms with Gasteiger partial charge in [-0.1, -0.05) is 6.92 Å². The van der Waals surface area contributed by atoms with Gasteiger partial charge in [-0.3, -0.25) is 4.79 Å². The zero-order chi connectivity index (χ0) is 13.3. The van der Waals surface area contributed by atoms with E-state index in [-0.39, 0.29) is 5.91 Å². The van der Waals surface area contributed by atoms with Crippen LogP contribution < -0.4 is 5.32 Å². The Kier molecular flexibility index (Phi) is 3.36. The van der Waals surface area contributed by atoms with Crippen LogP contribution in [0.25, 0.3) is 0 Å². The quantitative estimate of drug-likeness (QED) is 0.656. The molecule has 5 heteroatoms. The van der Waals surface area contributed by atoms with Crippen LogP contribution in [0.5, 0.6) is 0 Å². The fourth-order valence-electron chi connectivity index (χ4n) is 3.04. The third kappa shape index (κ3) is 1.79. The van der Waals surface area contributed by atoms with Gasteiger partial charge < -0.3 is 5.32 Å². The minimum atomic E-state index is -0.768. The van der Waals surface area contributed by atoms with E-state index in [0.717, 1.165) is 12.8 Å². The molecule has 1 aliphatic heterocycles. The number of nitrogens with one attached hydrogen (secondary N) is 1. The molecule has 0 saturated heterocycles. The van der Waals surface area contributed by atoms with Gasteiger partial charge >= 0.3 is 0 Å². The predicted octanol–water partition coefficient (Wildman–Crippen LogP) is 2.12. The highest BCUT2D eigenvalue weighted by Gasteiger charge is 2.51.